The summed E-state index contributed by atoms with van der Waals surface area (Å²) in [7, 11) is 0. The van der Waals surface area contributed by atoms with Crippen LogP contribution >= 0.6 is 0 Å². The first-order valence-electron chi connectivity index (χ1n) is 8.81. The number of fused-ring (bicyclic) bond motifs is 2. The summed E-state index contributed by atoms with van der Waals surface area (Å²) in [5.74, 6) is 0.0506. The van der Waals surface area contributed by atoms with Crippen LogP contribution in [0.2, 0.25) is 0 Å². The van der Waals surface area contributed by atoms with Crippen LogP contribution in [0.3, 0.4) is 0 Å². The van der Waals surface area contributed by atoms with Gasteiger partial charge in [0.25, 0.3) is 0 Å². The molecule has 126 valence electrons. The largest absolute Gasteiger partial charge is 0.325 e. The number of hydrogen-bond donors (Lipinski definition) is 1. The summed E-state index contributed by atoms with van der Waals surface area (Å²) in [6.07, 6.45) is 1.00. The number of rotatable bonds is 3. The third kappa shape index (κ3) is 3.28. The van der Waals surface area contributed by atoms with Crippen molar-refractivity contribution in [1.29, 1.82) is 0 Å². The van der Waals surface area contributed by atoms with Gasteiger partial charge < -0.3 is 5.32 Å². The first-order chi connectivity index (χ1) is 12.2. The van der Waals surface area contributed by atoms with E-state index in [9.17, 15) is 4.79 Å². The molecule has 3 nitrogen and oxygen atoms in total. The molecule has 4 rings (SSSR count). The third-order valence-corrected chi connectivity index (χ3v) is 5.10. The molecule has 0 fully saturated rings. The van der Waals surface area contributed by atoms with Crippen LogP contribution in [0, 0.1) is 0 Å². The zero-order valence-corrected chi connectivity index (χ0v) is 14.4. The number of nitrogens with one attached hydrogen (secondary N) is 1. The van der Waals surface area contributed by atoms with Crippen molar-refractivity contribution in [2.75, 3.05) is 11.9 Å². The highest BCUT2D eigenvalue weighted by Crippen LogP contribution is 2.22. The molecule has 0 saturated carbocycles. The lowest BCUT2D eigenvalue weighted by molar-refractivity contribution is -0.121. The van der Waals surface area contributed by atoms with Crippen molar-refractivity contribution in [3.05, 3.63) is 77.9 Å². The molecule has 3 aromatic carbocycles. The van der Waals surface area contributed by atoms with E-state index < -0.39 is 0 Å². The lowest BCUT2D eigenvalue weighted by Crippen LogP contribution is -2.44. The molecule has 0 saturated heterocycles. The van der Waals surface area contributed by atoms with Crippen molar-refractivity contribution in [2.24, 2.45) is 0 Å². The van der Waals surface area contributed by atoms with Crippen LogP contribution in [0.15, 0.2) is 66.7 Å². The summed E-state index contributed by atoms with van der Waals surface area (Å²) in [5, 5.41) is 5.39. The van der Waals surface area contributed by atoms with Crippen molar-refractivity contribution < 1.29 is 4.79 Å². The van der Waals surface area contributed by atoms with E-state index in [1.807, 2.05) is 37.3 Å². The average molecular weight is 330 g/mol. The normalized spacial score (nSPS) is 15.6. The smallest absolute Gasteiger partial charge is 0.241 e. The number of carbonyl (C=O) groups excluding carboxylic acids is 1. The highest BCUT2D eigenvalue weighted by atomic mass is 16.2. The highest BCUT2D eigenvalue weighted by molar-refractivity contribution is 5.97. The lowest BCUT2D eigenvalue weighted by Gasteiger charge is -2.32. The first-order valence-corrected chi connectivity index (χ1v) is 8.81. The van der Waals surface area contributed by atoms with Crippen molar-refractivity contribution in [3.63, 3.8) is 0 Å². The fraction of sp³-hybridized carbons (Fsp3) is 0.227. The maximum absolute atomic E-state index is 12.7. The molecule has 25 heavy (non-hydrogen) atoms. The molecule has 0 spiro atoms. The summed E-state index contributed by atoms with van der Waals surface area (Å²) in [6, 6.07) is 22.6. The first kappa shape index (κ1) is 15.9. The van der Waals surface area contributed by atoms with Gasteiger partial charge in [0.15, 0.2) is 0 Å². The summed E-state index contributed by atoms with van der Waals surface area (Å²) in [6.45, 7) is 3.75. The van der Waals surface area contributed by atoms with Gasteiger partial charge in [0, 0.05) is 18.8 Å². The molecule has 0 unspecified atom stereocenters. The van der Waals surface area contributed by atoms with Gasteiger partial charge in [-0.05, 0) is 47.4 Å². The summed E-state index contributed by atoms with van der Waals surface area (Å²) >= 11 is 0. The van der Waals surface area contributed by atoms with E-state index in [1.165, 1.54) is 16.5 Å². The number of benzene rings is 3. The second kappa shape index (κ2) is 6.69. The monoisotopic (exact) mass is 330 g/mol. The molecule has 0 aliphatic carbocycles. The zero-order valence-electron chi connectivity index (χ0n) is 14.4. The van der Waals surface area contributed by atoms with Crippen LogP contribution in [0.5, 0.6) is 0 Å². The molecule has 1 heterocycles. The van der Waals surface area contributed by atoms with Crippen LogP contribution in [-0.4, -0.2) is 23.4 Å². The fourth-order valence-electron chi connectivity index (χ4n) is 3.53. The Labute approximate surface area is 148 Å². The maximum Gasteiger partial charge on any atom is 0.241 e. The SMILES string of the molecule is C[C@H](C(=O)Nc1ccc2ccccc2c1)N1CCc2ccccc2C1. The molecular weight excluding hydrogens is 308 g/mol. The van der Waals surface area contributed by atoms with Crippen LogP contribution in [0.25, 0.3) is 10.8 Å². The number of carbonyl (C=O) groups is 1. The Kier molecular flexibility index (Phi) is 4.24. The van der Waals surface area contributed by atoms with E-state index in [0.717, 1.165) is 30.6 Å². The second-order valence-corrected chi connectivity index (χ2v) is 6.72. The summed E-state index contributed by atoms with van der Waals surface area (Å²) in [4.78, 5) is 15.0. The Morgan fingerprint density at radius 3 is 2.52 bits per heavy atom. The van der Waals surface area contributed by atoms with Crippen LogP contribution < -0.4 is 5.32 Å². The van der Waals surface area contributed by atoms with E-state index in [0.29, 0.717) is 0 Å². The Morgan fingerprint density at radius 2 is 1.68 bits per heavy atom. The molecule has 0 bridgehead atoms. The highest BCUT2D eigenvalue weighted by Gasteiger charge is 2.25. The topological polar surface area (TPSA) is 32.3 Å². The van der Waals surface area contributed by atoms with Gasteiger partial charge in [-0.3, -0.25) is 9.69 Å². The quantitative estimate of drug-likeness (QED) is 0.779. The van der Waals surface area contributed by atoms with E-state index in [2.05, 4.69) is 46.6 Å². The minimum absolute atomic E-state index is 0.0506. The third-order valence-electron chi connectivity index (χ3n) is 5.10. The van der Waals surface area contributed by atoms with Gasteiger partial charge in [-0.15, -0.1) is 0 Å². The Balaban J connectivity index is 1.47. The number of anilines is 1. The fourth-order valence-corrected chi connectivity index (χ4v) is 3.53. The van der Waals surface area contributed by atoms with E-state index >= 15 is 0 Å². The molecule has 0 aromatic heterocycles. The minimum atomic E-state index is -0.153. The van der Waals surface area contributed by atoms with E-state index in [4.69, 9.17) is 0 Å². The number of hydrogen-bond acceptors (Lipinski definition) is 2. The van der Waals surface area contributed by atoms with E-state index in [1.54, 1.807) is 0 Å². The molecule has 3 heteroatoms. The molecule has 1 amide bonds. The summed E-state index contributed by atoms with van der Waals surface area (Å²) in [5.41, 5.74) is 3.59. The molecule has 1 N–H and O–H groups in total. The van der Waals surface area contributed by atoms with Gasteiger partial charge in [-0.25, -0.2) is 0 Å². The Bertz CT molecular complexity index is 919. The Hall–Kier alpha value is -2.65. The molecule has 3 aromatic rings. The van der Waals surface area contributed by atoms with Crippen LogP contribution in [0.4, 0.5) is 5.69 Å². The van der Waals surface area contributed by atoms with Crippen LogP contribution in [0.1, 0.15) is 18.1 Å². The van der Waals surface area contributed by atoms with E-state index in [-0.39, 0.29) is 11.9 Å². The van der Waals surface area contributed by atoms with Gasteiger partial charge in [0.1, 0.15) is 0 Å². The lowest BCUT2D eigenvalue weighted by atomic mass is 9.98. The van der Waals surface area contributed by atoms with Gasteiger partial charge in [-0.2, -0.15) is 0 Å². The maximum atomic E-state index is 12.7. The molecule has 1 atom stereocenters. The van der Waals surface area contributed by atoms with Gasteiger partial charge in [0.2, 0.25) is 5.91 Å². The van der Waals surface area contributed by atoms with Crippen LogP contribution in [-0.2, 0) is 17.8 Å². The standard InChI is InChI=1S/C22H22N2O/c1-16(24-13-12-18-7-3-5-9-20(18)15-24)22(25)23-21-11-10-17-6-2-4-8-19(17)14-21/h2-11,14,16H,12-13,15H2,1H3,(H,23,25)/t16-/m1/s1. The van der Waals surface area contributed by atoms with Gasteiger partial charge in [0.05, 0.1) is 6.04 Å². The number of amides is 1. The molecule has 1 aliphatic heterocycles. The molecule has 1 aliphatic rings. The predicted molar refractivity (Wildman–Crippen MR) is 103 cm³/mol. The molecular formula is C22H22N2O. The van der Waals surface area contributed by atoms with Crippen molar-refractivity contribution >= 4 is 22.4 Å². The molecule has 0 radical (unpaired) electrons. The second-order valence-electron chi connectivity index (χ2n) is 6.72. The van der Waals surface area contributed by atoms with Gasteiger partial charge in [-0.1, -0.05) is 54.6 Å². The number of nitrogens with zero attached hydrogens (tertiary/aromatic N) is 1. The zero-order chi connectivity index (χ0) is 17.2. The minimum Gasteiger partial charge on any atom is -0.325 e. The average Bonchev–Trinajstić information content (AvgIpc) is 2.67. The predicted octanol–water partition coefficient (Wildman–Crippen LogP) is 4.23. The van der Waals surface area contributed by atoms with Gasteiger partial charge >= 0.3 is 0 Å². The van der Waals surface area contributed by atoms with Crippen molar-refractivity contribution in [3.8, 4) is 0 Å². The summed E-state index contributed by atoms with van der Waals surface area (Å²) < 4.78 is 0. The van der Waals surface area contributed by atoms with Crippen molar-refractivity contribution in [1.82, 2.24) is 4.90 Å². The van der Waals surface area contributed by atoms with Crippen molar-refractivity contribution in [2.45, 2.75) is 25.9 Å². The Morgan fingerprint density at radius 1 is 0.960 bits per heavy atom.